The van der Waals surface area contributed by atoms with Crippen molar-refractivity contribution in [3.05, 3.63) is 50.4 Å². The summed E-state index contributed by atoms with van der Waals surface area (Å²) < 4.78 is 1.93. The van der Waals surface area contributed by atoms with Crippen LogP contribution in [0.5, 0.6) is 0 Å². The summed E-state index contributed by atoms with van der Waals surface area (Å²) in [5, 5.41) is 0. The van der Waals surface area contributed by atoms with Crippen LogP contribution in [0.2, 0.25) is 0 Å². The maximum atomic E-state index is 11.9. The topological polar surface area (TPSA) is 73.8 Å². The van der Waals surface area contributed by atoms with E-state index in [1.54, 1.807) is 6.20 Å². The lowest BCUT2D eigenvalue weighted by Crippen LogP contribution is -2.22. The van der Waals surface area contributed by atoms with Gasteiger partial charge in [-0.25, -0.2) is 4.98 Å². The molecule has 2 aromatic heterocycles. The van der Waals surface area contributed by atoms with Gasteiger partial charge in [-0.15, -0.1) is 0 Å². The molecule has 0 aliphatic rings. The molecule has 0 spiro atoms. The molecule has 0 amide bonds. The van der Waals surface area contributed by atoms with Gasteiger partial charge in [0, 0.05) is 18.1 Å². The number of halogens is 1. The van der Waals surface area contributed by atoms with E-state index in [4.69, 9.17) is 5.73 Å². The van der Waals surface area contributed by atoms with Crippen molar-refractivity contribution >= 4 is 21.6 Å². The zero-order valence-corrected chi connectivity index (χ0v) is 11.7. The predicted octanol–water partition coefficient (Wildman–Crippen LogP) is 1.65. The van der Waals surface area contributed by atoms with Crippen LogP contribution in [0.15, 0.2) is 28.0 Å². The molecule has 2 N–H and O–H groups in total. The van der Waals surface area contributed by atoms with E-state index >= 15 is 0 Å². The Bertz CT molecular complexity index is 651. The van der Waals surface area contributed by atoms with Crippen LogP contribution in [0.1, 0.15) is 16.8 Å². The highest BCUT2D eigenvalue weighted by molar-refractivity contribution is 9.10. The number of aryl methyl sites for hydroxylation is 1. The molecule has 0 aliphatic carbocycles. The highest BCUT2D eigenvalue weighted by Crippen LogP contribution is 2.18. The maximum absolute atomic E-state index is 11.9. The van der Waals surface area contributed by atoms with E-state index in [0.717, 1.165) is 22.5 Å². The molecule has 0 aromatic carbocycles. The van der Waals surface area contributed by atoms with E-state index in [1.165, 1.54) is 17.1 Å². The molecule has 0 unspecified atom stereocenters. The molecule has 0 atom stereocenters. The van der Waals surface area contributed by atoms with Crippen molar-refractivity contribution in [2.75, 3.05) is 5.73 Å². The van der Waals surface area contributed by atoms with Crippen molar-refractivity contribution in [2.24, 2.45) is 0 Å². The SMILES string of the molecule is Cc1cnc(Cn2cncc(Br)c2=O)c(C)c1N. The van der Waals surface area contributed by atoms with Crippen molar-refractivity contribution in [3.63, 3.8) is 0 Å². The van der Waals surface area contributed by atoms with Gasteiger partial charge >= 0.3 is 0 Å². The number of hydrogen-bond donors (Lipinski definition) is 1. The lowest BCUT2D eigenvalue weighted by atomic mass is 10.1. The Morgan fingerprint density at radius 1 is 1.39 bits per heavy atom. The fourth-order valence-corrected chi connectivity index (χ4v) is 2.00. The minimum Gasteiger partial charge on any atom is -0.398 e. The summed E-state index contributed by atoms with van der Waals surface area (Å²) in [4.78, 5) is 20.1. The molecule has 2 rings (SSSR count). The van der Waals surface area contributed by atoms with Gasteiger partial charge in [0.15, 0.2) is 0 Å². The van der Waals surface area contributed by atoms with Crippen molar-refractivity contribution in [1.29, 1.82) is 0 Å². The highest BCUT2D eigenvalue weighted by atomic mass is 79.9. The quantitative estimate of drug-likeness (QED) is 0.915. The average Bonchev–Trinajstić information content (AvgIpc) is 2.35. The van der Waals surface area contributed by atoms with Crippen molar-refractivity contribution in [1.82, 2.24) is 14.5 Å². The summed E-state index contributed by atoms with van der Waals surface area (Å²) in [5.74, 6) is 0. The van der Waals surface area contributed by atoms with Gasteiger partial charge in [-0.05, 0) is 40.9 Å². The van der Waals surface area contributed by atoms with Gasteiger partial charge in [0.2, 0.25) is 0 Å². The summed E-state index contributed by atoms with van der Waals surface area (Å²) in [7, 11) is 0. The Balaban J connectivity index is 2.44. The number of anilines is 1. The van der Waals surface area contributed by atoms with E-state index in [9.17, 15) is 4.79 Å². The summed E-state index contributed by atoms with van der Waals surface area (Å²) >= 11 is 3.16. The van der Waals surface area contributed by atoms with Crippen molar-refractivity contribution in [2.45, 2.75) is 20.4 Å². The van der Waals surface area contributed by atoms with E-state index in [2.05, 4.69) is 25.9 Å². The minimum absolute atomic E-state index is 0.134. The number of pyridine rings is 1. The predicted molar refractivity (Wildman–Crippen MR) is 73.4 cm³/mol. The smallest absolute Gasteiger partial charge is 0.267 e. The van der Waals surface area contributed by atoms with Crippen molar-refractivity contribution in [3.8, 4) is 0 Å². The fourth-order valence-electron chi connectivity index (χ4n) is 1.65. The Hall–Kier alpha value is -1.69. The average molecular weight is 309 g/mol. The zero-order chi connectivity index (χ0) is 13.3. The van der Waals surface area contributed by atoms with Gasteiger partial charge in [0.25, 0.3) is 5.56 Å². The first-order chi connectivity index (χ1) is 8.50. The molecule has 18 heavy (non-hydrogen) atoms. The Kier molecular flexibility index (Phi) is 3.47. The first kappa shape index (κ1) is 12.8. The van der Waals surface area contributed by atoms with Gasteiger partial charge in [-0.3, -0.25) is 14.3 Å². The van der Waals surface area contributed by atoms with Crippen LogP contribution in [0, 0.1) is 13.8 Å². The van der Waals surface area contributed by atoms with E-state index in [-0.39, 0.29) is 5.56 Å². The third-order valence-electron chi connectivity index (χ3n) is 2.85. The zero-order valence-electron chi connectivity index (χ0n) is 10.1. The molecule has 5 nitrogen and oxygen atoms in total. The standard InChI is InChI=1S/C12H13BrN4O/c1-7-3-16-10(8(2)11(7)14)5-17-6-15-4-9(13)12(17)18/h3-4,6H,5H2,1-2H3,(H2,14,16). The third-order valence-corrected chi connectivity index (χ3v) is 3.40. The normalized spacial score (nSPS) is 10.6. The number of hydrogen-bond acceptors (Lipinski definition) is 4. The van der Waals surface area contributed by atoms with Crippen LogP contribution >= 0.6 is 15.9 Å². The molecule has 0 saturated heterocycles. The molecular formula is C12H13BrN4O. The number of nitrogen functional groups attached to an aromatic ring is 1. The van der Waals surface area contributed by atoms with Crippen LogP contribution in [-0.2, 0) is 6.54 Å². The molecule has 6 heteroatoms. The number of rotatable bonds is 2. The molecule has 0 saturated carbocycles. The second-order valence-corrected chi connectivity index (χ2v) is 4.96. The highest BCUT2D eigenvalue weighted by Gasteiger charge is 2.08. The third kappa shape index (κ3) is 2.28. The van der Waals surface area contributed by atoms with Crippen LogP contribution < -0.4 is 11.3 Å². The van der Waals surface area contributed by atoms with Crippen LogP contribution in [0.25, 0.3) is 0 Å². The van der Waals surface area contributed by atoms with Crippen LogP contribution in [0.4, 0.5) is 5.69 Å². The van der Waals surface area contributed by atoms with Gasteiger partial charge in [0.1, 0.15) is 4.47 Å². The largest absolute Gasteiger partial charge is 0.398 e. The summed E-state index contributed by atoms with van der Waals surface area (Å²) in [5.41, 5.74) is 9.16. The van der Waals surface area contributed by atoms with E-state index < -0.39 is 0 Å². The minimum atomic E-state index is -0.134. The molecule has 0 fully saturated rings. The lowest BCUT2D eigenvalue weighted by molar-refractivity contribution is 0.710. The molecule has 2 aromatic rings. The monoisotopic (exact) mass is 308 g/mol. The van der Waals surface area contributed by atoms with Gasteiger partial charge in [-0.1, -0.05) is 0 Å². The number of nitrogens with two attached hydrogens (primary N) is 1. The second kappa shape index (κ2) is 4.89. The summed E-state index contributed by atoms with van der Waals surface area (Å²) in [6.45, 7) is 4.18. The first-order valence-corrected chi connectivity index (χ1v) is 6.20. The molecule has 0 aliphatic heterocycles. The molecular weight excluding hydrogens is 296 g/mol. The maximum Gasteiger partial charge on any atom is 0.267 e. The molecule has 0 radical (unpaired) electrons. The Morgan fingerprint density at radius 2 is 2.11 bits per heavy atom. The second-order valence-electron chi connectivity index (χ2n) is 4.10. The summed E-state index contributed by atoms with van der Waals surface area (Å²) in [6.07, 6.45) is 4.68. The van der Waals surface area contributed by atoms with Gasteiger partial charge in [-0.2, -0.15) is 0 Å². The number of nitrogens with zero attached hydrogens (tertiary/aromatic N) is 3. The molecule has 2 heterocycles. The van der Waals surface area contributed by atoms with Gasteiger partial charge in [0.05, 0.1) is 18.6 Å². The molecule has 94 valence electrons. The summed E-state index contributed by atoms with van der Waals surface area (Å²) in [6, 6.07) is 0. The van der Waals surface area contributed by atoms with Crippen LogP contribution in [-0.4, -0.2) is 14.5 Å². The Morgan fingerprint density at radius 3 is 2.83 bits per heavy atom. The lowest BCUT2D eigenvalue weighted by Gasteiger charge is -2.11. The van der Waals surface area contributed by atoms with E-state index in [1.807, 2.05) is 13.8 Å². The first-order valence-electron chi connectivity index (χ1n) is 5.41. The fraction of sp³-hybridized carbons (Fsp3) is 0.250. The van der Waals surface area contributed by atoms with Crippen LogP contribution in [0.3, 0.4) is 0 Å². The number of aromatic nitrogens is 3. The van der Waals surface area contributed by atoms with Crippen molar-refractivity contribution < 1.29 is 0 Å². The van der Waals surface area contributed by atoms with E-state index in [0.29, 0.717) is 11.0 Å². The Labute approximate surface area is 113 Å². The molecule has 0 bridgehead atoms. The van der Waals surface area contributed by atoms with Gasteiger partial charge < -0.3 is 5.73 Å².